The minimum Gasteiger partial charge on any atom is -0.355 e. The lowest BCUT2D eigenvalue weighted by atomic mass is 9.83. The van der Waals surface area contributed by atoms with Crippen molar-refractivity contribution < 1.29 is 9.18 Å². The molecule has 0 radical (unpaired) electrons. The Labute approximate surface area is 130 Å². The average Bonchev–Trinajstić information content (AvgIpc) is 2.55. The highest BCUT2D eigenvalue weighted by Crippen LogP contribution is 2.30. The lowest BCUT2D eigenvalue weighted by Gasteiger charge is -2.25. The van der Waals surface area contributed by atoms with Crippen molar-refractivity contribution in [3.8, 4) is 0 Å². The smallest absolute Gasteiger partial charge is 0.224 e. The molecule has 0 aliphatic heterocycles. The SMILES string of the molecule is O=C(Cc1ccc(F)cc1)NCC1CCCc2ccccc21. The van der Waals surface area contributed by atoms with Crippen LogP contribution in [0, 0.1) is 5.82 Å². The van der Waals surface area contributed by atoms with Gasteiger partial charge in [-0.1, -0.05) is 36.4 Å². The number of carbonyl (C=O) groups is 1. The van der Waals surface area contributed by atoms with Crippen LogP contribution in [0.15, 0.2) is 48.5 Å². The molecule has 1 amide bonds. The van der Waals surface area contributed by atoms with Gasteiger partial charge in [-0.15, -0.1) is 0 Å². The number of rotatable bonds is 4. The minimum absolute atomic E-state index is 0.00494. The molecule has 0 aromatic heterocycles. The van der Waals surface area contributed by atoms with Crippen molar-refractivity contribution in [3.05, 3.63) is 71.0 Å². The summed E-state index contributed by atoms with van der Waals surface area (Å²) in [6.45, 7) is 0.678. The molecular weight excluding hydrogens is 277 g/mol. The zero-order chi connectivity index (χ0) is 15.4. The number of hydrogen-bond donors (Lipinski definition) is 1. The zero-order valence-electron chi connectivity index (χ0n) is 12.5. The molecular formula is C19H20FNO. The van der Waals surface area contributed by atoms with E-state index in [4.69, 9.17) is 0 Å². The van der Waals surface area contributed by atoms with Crippen molar-refractivity contribution in [2.24, 2.45) is 0 Å². The Bertz CT molecular complexity index is 651. The summed E-state index contributed by atoms with van der Waals surface area (Å²) in [5, 5.41) is 3.02. The van der Waals surface area contributed by atoms with Gasteiger partial charge in [0.15, 0.2) is 0 Å². The first-order valence-electron chi connectivity index (χ1n) is 7.81. The predicted molar refractivity (Wildman–Crippen MR) is 85.2 cm³/mol. The van der Waals surface area contributed by atoms with Gasteiger partial charge in [0.1, 0.15) is 5.82 Å². The molecule has 0 heterocycles. The molecule has 0 saturated heterocycles. The molecule has 1 aliphatic rings. The molecule has 1 aliphatic carbocycles. The zero-order valence-corrected chi connectivity index (χ0v) is 12.5. The molecule has 114 valence electrons. The van der Waals surface area contributed by atoms with Gasteiger partial charge in [0.2, 0.25) is 5.91 Å². The molecule has 2 aromatic carbocycles. The van der Waals surface area contributed by atoms with Crippen molar-refractivity contribution in [2.45, 2.75) is 31.6 Å². The normalized spacial score (nSPS) is 16.9. The van der Waals surface area contributed by atoms with Crippen molar-refractivity contribution in [3.63, 3.8) is 0 Å². The summed E-state index contributed by atoms with van der Waals surface area (Å²) < 4.78 is 12.9. The number of fused-ring (bicyclic) bond motifs is 1. The third-order valence-corrected chi connectivity index (χ3v) is 4.32. The Balaban J connectivity index is 1.56. The van der Waals surface area contributed by atoms with Crippen LogP contribution in [0.25, 0.3) is 0 Å². The summed E-state index contributed by atoms with van der Waals surface area (Å²) in [4.78, 5) is 12.0. The second kappa shape index (κ2) is 6.73. The molecule has 1 N–H and O–H groups in total. The van der Waals surface area contributed by atoms with E-state index in [0.717, 1.165) is 18.4 Å². The summed E-state index contributed by atoms with van der Waals surface area (Å²) >= 11 is 0. The molecule has 0 saturated carbocycles. The monoisotopic (exact) mass is 297 g/mol. The van der Waals surface area contributed by atoms with E-state index in [2.05, 4.69) is 29.6 Å². The van der Waals surface area contributed by atoms with Crippen LogP contribution in [-0.2, 0) is 17.6 Å². The molecule has 0 bridgehead atoms. The van der Waals surface area contributed by atoms with Gasteiger partial charge in [0, 0.05) is 12.5 Å². The fourth-order valence-corrected chi connectivity index (χ4v) is 3.15. The number of benzene rings is 2. The predicted octanol–water partition coefficient (Wildman–Crippen LogP) is 3.60. The number of nitrogens with one attached hydrogen (secondary N) is 1. The molecule has 0 fully saturated rings. The fourth-order valence-electron chi connectivity index (χ4n) is 3.15. The highest BCUT2D eigenvalue weighted by Gasteiger charge is 2.20. The van der Waals surface area contributed by atoms with E-state index in [9.17, 15) is 9.18 Å². The van der Waals surface area contributed by atoms with Crippen LogP contribution < -0.4 is 5.32 Å². The van der Waals surface area contributed by atoms with Crippen LogP contribution in [0.2, 0.25) is 0 Å². The van der Waals surface area contributed by atoms with Gasteiger partial charge in [-0.25, -0.2) is 4.39 Å². The third kappa shape index (κ3) is 3.53. The second-order valence-electron chi connectivity index (χ2n) is 5.90. The van der Waals surface area contributed by atoms with Gasteiger partial charge in [0.05, 0.1) is 6.42 Å². The quantitative estimate of drug-likeness (QED) is 0.918. The van der Waals surface area contributed by atoms with Crippen LogP contribution in [-0.4, -0.2) is 12.5 Å². The van der Waals surface area contributed by atoms with Gasteiger partial charge in [-0.05, 0) is 48.1 Å². The number of halogens is 1. The van der Waals surface area contributed by atoms with Crippen LogP contribution >= 0.6 is 0 Å². The number of hydrogen-bond acceptors (Lipinski definition) is 1. The Morgan fingerprint density at radius 2 is 1.91 bits per heavy atom. The molecule has 2 aromatic rings. The van der Waals surface area contributed by atoms with Gasteiger partial charge >= 0.3 is 0 Å². The van der Waals surface area contributed by atoms with Crippen molar-refractivity contribution in [1.29, 1.82) is 0 Å². The van der Waals surface area contributed by atoms with E-state index in [1.165, 1.54) is 29.7 Å². The van der Waals surface area contributed by atoms with E-state index in [1.807, 2.05) is 0 Å². The lowest BCUT2D eigenvalue weighted by molar-refractivity contribution is -0.120. The first-order chi connectivity index (χ1) is 10.7. The molecule has 3 heteroatoms. The lowest BCUT2D eigenvalue weighted by Crippen LogP contribution is -2.31. The van der Waals surface area contributed by atoms with Crippen molar-refractivity contribution in [2.75, 3.05) is 6.54 Å². The maximum atomic E-state index is 12.9. The molecule has 3 rings (SSSR count). The summed E-state index contributed by atoms with van der Waals surface area (Å²) in [5.41, 5.74) is 3.62. The topological polar surface area (TPSA) is 29.1 Å². The Kier molecular flexibility index (Phi) is 4.52. The van der Waals surface area contributed by atoms with E-state index in [-0.39, 0.29) is 11.7 Å². The Morgan fingerprint density at radius 1 is 1.14 bits per heavy atom. The fraction of sp³-hybridized carbons (Fsp3) is 0.316. The first kappa shape index (κ1) is 14.8. The maximum Gasteiger partial charge on any atom is 0.224 e. The second-order valence-corrected chi connectivity index (χ2v) is 5.90. The van der Waals surface area contributed by atoms with Crippen LogP contribution in [0.5, 0.6) is 0 Å². The van der Waals surface area contributed by atoms with E-state index in [0.29, 0.717) is 18.9 Å². The largest absolute Gasteiger partial charge is 0.355 e. The molecule has 0 spiro atoms. The molecule has 22 heavy (non-hydrogen) atoms. The Hall–Kier alpha value is -2.16. The average molecular weight is 297 g/mol. The summed E-state index contributed by atoms with van der Waals surface area (Å²) in [5.74, 6) is 0.125. The van der Waals surface area contributed by atoms with Gasteiger partial charge < -0.3 is 5.32 Å². The standard InChI is InChI=1S/C19H20FNO/c20-17-10-8-14(9-11-17)12-19(22)21-13-16-6-3-5-15-4-1-2-7-18(15)16/h1-2,4,7-11,16H,3,5-6,12-13H2,(H,21,22). The van der Waals surface area contributed by atoms with E-state index in [1.54, 1.807) is 12.1 Å². The van der Waals surface area contributed by atoms with Crippen LogP contribution in [0.1, 0.15) is 35.4 Å². The van der Waals surface area contributed by atoms with Crippen molar-refractivity contribution in [1.82, 2.24) is 5.32 Å². The highest BCUT2D eigenvalue weighted by molar-refractivity contribution is 5.78. The van der Waals surface area contributed by atoms with Gasteiger partial charge in [-0.3, -0.25) is 4.79 Å². The maximum absolute atomic E-state index is 12.9. The summed E-state index contributed by atoms with van der Waals surface area (Å²) in [7, 11) is 0. The third-order valence-electron chi connectivity index (χ3n) is 4.32. The summed E-state index contributed by atoms with van der Waals surface area (Å²) in [6.07, 6.45) is 3.73. The molecule has 1 unspecified atom stereocenters. The van der Waals surface area contributed by atoms with Gasteiger partial charge in [-0.2, -0.15) is 0 Å². The molecule has 1 atom stereocenters. The Morgan fingerprint density at radius 3 is 2.73 bits per heavy atom. The van der Waals surface area contributed by atoms with Gasteiger partial charge in [0.25, 0.3) is 0 Å². The highest BCUT2D eigenvalue weighted by atomic mass is 19.1. The number of carbonyl (C=O) groups excluding carboxylic acids is 1. The number of aryl methyl sites for hydroxylation is 1. The summed E-state index contributed by atoms with van der Waals surface area (Å²) in [6, 6.07) is 14.6. The van der Waals surface area contributed by atoms with Crippen molar-refractivity contribution >= 4 is 5.91 Å². The first-order valence-corrected chi connectivity index (χ1v) is 7.81. The van der Waals surface area contributed by atoms with E-state index < -0.39 is 0 Å². The number of amides is 1. The van der Waals surface area contributed by atoms with Crippen LogP contribution in [0.3, 0.4) is 0 Å². The van der Waals surface area contributed by atoms with E-state index >= 15 is 0 Å². The minimum atomic E-state index is -0.275. The van der Waals surface area contributed by atoms with Crippen LogP contribution in [0.4, 0.5) is 4.39 Å². The molecule has 2 nitrogen and oxygen atoms in total.